The van der Waals surface area contributed by atoms with Gasteiger partial charge in [-0.3, -0.25) is 9.48 Å². The van der Waals surface area contributed by atoms with Crippen LogP contribution in [0.25, 0.3) is 0 Å². The Balaban J connectivity index is 2.83. The minimum Gasteiger partial charge on any atom is -0.305 e. The van der Waals surface area contributed by atoms with Gasteiger partial charge >= 0.3 is 18.3 Å². The number of alkyl halides is 4. The fourth-order valence-electron chi connectivity index (χ4n) is 1.03. The van der Waals surface area contributed by atoms with Crippen LogP contribution in [0, 0.1) is 6.92 Å². The van der Waals surface area contributed by atoms with Gasteiger partial charge in [-0.15, -0.1) is 0 Å². The van der Waals surface area contributed by atoms with Gasteiger partial charge in [-0.1, -0.05) is 0 Å². The van der Waals surface area contributed by atoms with Gasteiger partial charge in [0.25, 0.3) is 0 Å². The summed E-state index contributed by atoms with van der Waals surface area (Å²) in [5.74, 6) is -6.83. The molecule has 0 unspecified atom stereocenters. The molecule has 0 aromatic carbocycles. The molecule has 0 fully saturated rings. The Morgan fingerprint density at radius 1 is 1.56 bits per heavy atom. The van der Waals surface area contributed by atoms with Gasteiger partial charge in [0.2, 0.25) is 0 Å². The van der Waals surface area contributed by atoms with Crippen molar-refractivity contribution in [1.29, 1.82) is 0 Å². The summed E-state index contributed by atoms with van der Waals surface area (Å²) in [5.41, 5.74) is 0.471. The number of hydrogen-bond acceptors (Lipinski definition) is 2. The van der Waals surface area contributed by atoms with Crippen molar-refractivity contribution in [2.75, 3.05) is 5.32 Å². The Kier molecular flexibility index (Phi) is 3.20. The minimum atomic E-state index is -4.71. The van der Waals surface area contributed by atoms with Crippen LogP contribution in [0.3, 0.4) is 0 Å². The van der Waals surface area contributed by atoms with Gasteiger partial charge < -0.3 is 5.32 Å². The highest BCUT2D eigenvalue weighted by Gasteiger charge is 2.49. The lowest BCUT2D eigenvalue weighted by Gasteiger charge is -2.14. The second kappa shape index (κ2) is 4.11. The van der Waals surface area contributed by atoms with Gasteiger partial charge in [0, 0.05) is 13.1 Å². The van der Waals surface area contributed by atoms with E-state index in [1.807, 2.05) is 0 Å². The Morgan fingerprint density at radius 3 is 2.50 bits per heavy atom. The van der Waals surface area contributed by atoms with Crippen molar-refractivity contribution in [2.45, 2.75) is 19.3 Å². The third kappa shape index (κ3) is 2.31. The molecule has 0 aliphatic rings. The van der Waals surface area contributed by atoms with E-state index in [2.05, 4.69) is 5.10 Å². The fraction of sp³-hybridized carbons (Fsp3) is 0.500. The first-order chi connectivity index (χ1) is 7.25. The first kappa shape index (κ1) is 12.5. The highest BCUT2D eigenvalue weighted by Crippen LogP contribution is 2.24. The first-order valence-corrected chi connectivity index (χ1v) is 4.23. The van der Waals surface area contributed by atoms with E-state index in [0.29, 0.717) is 5.69 Å². The van der Waals surface area contributed by atoms with Crippen molar-refractivity contribution >= 4 is 11.7 Å². The lowest BCUT2D eigenvalue weighted by atomic mass is 10.3. The lowest BCUT2D eigenvalue weighted by molar-refractivity contribution is -0.163. The highest BCUT2D eigenvalue weighted by atomic mass is 19.3. The van der Waals surface area contributed by atoms with Crippen LogP contribution in [0.15, 0.2) is 6.07 Å². The highest BCUT2D eigenvalue weighted by molar-refractivity contribution is 5.95. The number of anilines is 1. The summed E-state index contributed by atoms with van der Waals surface area (Å²) in [5, 5.41) is 5.44. The second-order valence-electron chi connectivity index (χ2n) is 3.17. The quantitative estimate of drug-likeness (QED) is 0.814. The van der Waals surface area contributed by atoms with Crippen LogP contribution in [0.1, 0.15) is 5.69 Å². The zero-order chi connectivity index (χ0) is 12.5. The molecule has 0 saturated carbocycles. The predicted octanol–water partition coefficient (Wildman–Crippen LogP) is 1.57. The van der Waals surface area contributed by atoms with E-state index in [-0.39, 0.29) is 5.82 Å². The summed E-state index contributed by atoms with van der Waals surface area (Å²) >= 11 is 0. The van der Waals surface area contributed by atoms with Crippen molar-refractivity contribution < 1.29 is 22.4 Å². The number of carbonyl (C=O) groups excluding carboxylic acids is 1. The maximum absolute atomic E-state index is 12.6. The molecule has 1 aromatic heterocycles. The molecule has 1 N–H and O–H groups in total. The van der Waals surface area contributed by atoms with Crippen LogP contribution >= 0.6 is 0 Å². The van der Waals surface area contributed by atoms with Crippen molar-refractivity contribution in [2.24, 2.45) is 7.05 Å². The number of aryl methyl sites for hydroxylation is 2. The van der Waals surface area contributed by atoms with E-state index in [0.717, 1.165) is 4.68 Å². The molecule has 0 saturated heterocycles. The van der Waals surface area contributed by atoms with Crippen molar-refractivity contribution in [3.63, 3.8) is 0 Å². The summed E-state index contributed by atoms with van der Waals surface area (Å²) in [6.07, 6.45) is -4.04. The third-order valence-electron chi connectivity index (χ3n) is 1.82. The zero-order valence-corrected chi connectivity index (χ0v) is 8.47. The third-order valence-corrected chi connectivity index (χ3v) is 1.82. The standard InChI is InChI=1S/C8H9F4N3O/c1-4-3-5(15(2)14-4)13-7(16)8(11,12)6(9)10/h3,6H,1-2H3,(H,13,16). The molecule has 0 aliphatic heterocycles. The number of nitrogens with one attached hydrogen (secondary N) is 1. The van der Waals surface area contributed by atoms with E-state index < -0.39 is 18.3 Å². The maximum Gasteiger partial charge on any atom is 0.383 e. The summed E-state index contributed by atoms with van der Waals surface area (Å²) in [4.78, 5) is 10.9. The molecule has 16 heavy (non-hydrogen) atoms. The summed E-state index contributed by atoms with van der Waals surface area (Å²) in [6, 6.07) is 1.29. The maximum atomic E-state index is 12.6. The number of rotatable bonds is 3. The molecule has 0 bridgehead atoms. The molecule has 1 aromatic rings. The Labute approximate surface area is 88.2 Å². The Morgan fingerprint density at radius 2 is 2.12 bits per heavy atom. The summed E-state index contributed by atoms with van der Waals surface area (Å²) < 4.78 is 49.9. The Bertz CT molecular complexity index is 402. The van der Waals surface area contributed by atoms with Gasteiger partial charge in [0.15, 0.2) is 0 Å². The molecular formula is C8H9F4N3O. The normalized spacial score (nSPS) is 11.9. The fourth-order valence-corrected chi connectivity index (χ4v) is 1.03. The van der Waals surface area contributed by atoms with Crippen molar-refractivity contribution in [3.8, 4) is 0 Å². The number of halogens is 4. The number of aromatic nitrogens is 2. The smallest absolute Gasteiger partial charge is 0.305 e. The van der Waals surface area contributed by atoms with E-state index >= 15 is 0 Å². The van der Waals surface area contributed by atoms with Gasteiger partial charge in [0.1, 0.15) is 5.82 Å². The first-order valence-electron chi connectivity index (χ1n) is 4.23. The molecule has 0 radical (unpaired) electrons. The molecule has 4 nitrogen and oxygen atoms in total. The van der Waals surface area contributed by atoms with Crippen LogP contribution in [0.4, 0.5) is 23.4 Å². The monoisotopic (exact) mass is 239 g/mol. The number of carbonyl (C=O) groups is 1. The minimum absolute atomic E-state index is 0.0668. The molecular weight excluding hydrogens is 230 g/mol. The molecule has 0 spiro atoms. The van der Waals surface area contributed by atoms with Gasteiger partial charge in [-0.05, 0) is 6.92 Å². The van der Waals surface area contributed by atoms with E-state index in [1.54, 1.807) is 12.2 Å². The van der Waals surface area contributed by atoms with Crippen LogP contribution in [-0.4, -0.2) is 28.0 Å². The van der Waals surface area contributed by atoms with Crippen LogP contribution in [0.5, 0.6) is 0 Å². The topological polar surface area (TPSA) is 46.9 Å². The van der Waals surface area contributed by atoms with Crippen molar-refractivity contribution in [1.82, 2.24) is 9.78 Å². The Hall–Kier alpha value is -1.60. The van der Waals surface area contributed by atoms with Crippen LogP contribution < -0.4 is 5.32 Å². The molecule has 1 heterocycles. The van der Waals surface area contributed by atoms with Crippen molar-refractivity contribution in [3.05, 3.63) is 11.8 Å². The second-order valence-corrected chi connectivity index (χ2v) is 3.17. The van der Waals surface area contributed by atoms with E-state index in [4.69, 9.17) is 0 Å². The molecule has 90 valence electrons. The molecule has 8 heteroatoms. The SMILES string of the molecule is Cc1cc(NC(=O)C(F)(F)C(F)F)n(C)n1. The van der Waals surface area contributed by atoms with Gasteiger partial charge in [-0.25, -0.2) is 8.78 Å². The molecule has 0 atom stereocenters. The van der Waals surface area contributed by atoms with E-state index in [1.165, 1.54) is 13.1 Å². The number of nitrogens with zero attached hydrogens (tertiary/aromatic N) is 2. The average Bonchev–Trinajstić information content (AvgIpc) is 2.44. The van der Waals surface area contributed by atoms with Crippen LogP contribution in [-0.2, 0) is 11.8 Å². The largest absolute Gasteiger partial charge is 0.383 e. The summed E-state index contributed by atoms with van der Waals surface area (Å²) in [7, 11) is 1.39. The van der Waals surface area contributed by atoms with E-state index in [9.17, 15) is 22.4 Å². The molecule has 1 amide bonds. The predicted molar refractivity (Wildman–Crippen MR) is 47.5 cm³/mol. The number of hydrogen-bond donors (Lipinski definition) is 1. The zero-order valence-electron chi connectivity index (χ0n) is 8.47. The number of amides is 1. The summed E-state index contributed by atoms with van der Waals surface area (Å²) in [6.45, 7) is 1.57. The molecule has 1 rings (SSSR count). The molecule has 0 aliphatic carbocycles. The van der Waals surface area contributed by atoms with Gasteiger partial charge in [-0.2, -0.15) is 13.9 Å². The van der Waals surface area contributed by atoms with Crippen LogP contribution in [0.2, 0.25) is 0 Å². The van der Waals surface area contributed by atoms with Gasteiger partial charge in [0.05, 0.1) is 5.69 Å². The average molecular weight is 239 g/mol. The lowest BCUT2D eigenvalue weighted by Crippen LogP contribution is -2.41.